The van der Waals surface area contributed by atoms with Crippen LogP contribution in [-0.2, 0) is 6.42 Å². The van der Waals surface area contributed by atoms with E-state index in [1.165, 1.54) is 10.9 Å². The van der Waals surface area contributed by atoms with Gasteiger partial charge in [-0.1, -0.05) is 36.4 Å². The number of nitrogens with zero attached hydrogens (tertiary/aromatic N) is 2. The molecule has 1 aliphatic rings. The molecule has 1 saturated heterocycles. The molecule has 0 bridgehead atoms. The van der Waals surface area contributed by atoms with Gasteiger partial charge in [0.1, 0.15) is 5.58 Å². The highest BCUT2D eigenvalue weighted by Gasteiger charge is 2.25. The van der Waals surface area contributed by atoms with Crippen molar-refractivity contribution in [2.24, 2.45) is 5.73 Å². The average Bonchev–Trinajstić information content (AvgIpc) is 3.34. The number of amides is 1. The van der Waals surface area contributed by atoms with Crippen LogP contribution in [0.15, 0.2) is 65.3 Å². The van der Waals surface area contributed by atoms with Gasteiger partial charge >= 0.3 is 6.03 Å². The summed E-state index contributed by atoms with van der Waals surface area (Å²) < 4.78 is 7.36. The van der Waals surface area contributed by atoms with E-state index in [9.17, 15) is 4.79 Å². The Balaban J connectivity index is 1.27. The molecule has 5 nitrogen and oxygen atoms in total. The van der Waals surface area contributed by atoms with E-state index in [-0.39, 0.29) is 0 Å². The second-order valence-corrected chi connectivity index (χ2v) is 7.92. The molecule has 0 saturated carbocycles. The Labute approximate surface area is 169 Å². The van der Waals surface area contributed by atoms with Crippen molar-refractivity contribution in [2.75, 3.05) is 19.6 Å². The first-order valence-corrected chi connectivity index (χ1v) is 10.3. The van der Waals surface area contributed by atoms with Crippen molar-refractivity contribution in [2.45, 2.75) is 25.2 Å². The molecule has 0 aliphatic carbocycles. The van der Waals surface area contributed by atoms with Crippen molar-refractivity contribution in [3.8, 4) is 0 Å². The maximum absolute atomic E-state index is 12.1. The number of rotatable bonds is 4. The molecule has 148 valence electrons. The number of primary amides is 1. The van der Waals surface area contributed by atoms with Crippen molar-refractivity contribution in [3.05, 3.63) is 72.1 Å². The van der Waals surface area contributed by atoms with Crippen molar-refractivity contribution < 1.29 is 9.21 Å². The van der Waals surface area contributed by atoms with Gasteiger partial charge in [0.25, 0.3) is 0 Å². The SMILES string of the molecule is NC(=O)n1c(C2CCN(CCc3coc4ccccc34)CC2)cc2ccccc21. The standard InChI is InChI=1S/C24H25N3O2/c25-24(28)27-21-7-3-1-5-18(21)15-22(27)17-9-12-26(13-10-17)14-11-19-16-29-23-8-4-2-6-20(19)23/h1-8,15-17H,9-14H2,(H2,25,28). The third-order valence-electron chi connectivity index (χ3n) is 6.22. The summed E-state index contributed by atoms with van der Waals surface area (Å²) in [6.45, 7) is 3.08. The molecule has 1 aliphatic heterocycles. The number of fused-ring (bicyclic) bond motifs is 2. The van der Waals surface area contributed by atoms with E-state index < -0.39 is 6.03 Å². The number of hydrogen-bond donors (Lipinski definition) is 1. The van der Waals surface area contributed by atoms with E-state index in [1.54, 1.807) is 4.57 Å². The smallest absolute Gasteiger partial charge is 0.323 e. The highest BCUT2D eigenvalue weighted by Crippen LogP contribution is 2.32. The molecule has 0 spiro atoms. The zero-order valence-corrected chi connectivity index (χ0v) is 16.4. The van der Waals surface area contributed by atoms with Gasteiger partial charge in [-0.2, -0.15) is 0 Å². The van der Waals surface area contributed by atoms with E-state index in [0.29, 0.717) is 5.92 Å². The molecular weight excluding hydrogens is 362 g/mol. The van der Waals surface area contributed by atoms with Crippen LogP contribution in [-0.4, -0.2) is 35.1 Å². The molecule has 3 heterocycles. The maximum atomic E-state index is 12.1. The van der Waals surface area contributed by atoms with Gasteiger partial charge in [-0.05, 0) is 56.1 Å². The fraction of sp³-hybridized carbons (Fsp3) is 0.292. The lowest BCUT2D eigenvalue weighted by Crippen LogP contribution is -2.35. The monoisotopic (exact) mass is 387 g/mol. The molecule has 29 heavy (non-hydrogen) atoms. The van der Waals surface area contributed by atoms with Gasteiger partial charge in [-0.3, -0.25) is 4.57 Å². The summed E-state index contributed by atoms with van der Waals surface area (Å²) in [4.78, 5) is 14.6. The van der Waals surface area contributed by atoms with Crippen LogP contribution in [0, 0.1) is 0 Å². The lowest BCUT2D eigenvalue weighted by Gasteiger charge is -2.32. The number of carbonyl (C=O) groups excluding carboxylic acids is 1. The molecule has 0 radical (unpaired) electrons. The van der Waals surface area contributed by atoms with Gasteiger partial charge in [0, 0.05) is 28.9 Å². The zero-order chi connectivity index (χ0) is 19.8. The highest BCUT2D eigenvalue weighted by molar-refractivity contribution is 5.92. The Morgan fingerprint density at radius 3 is 2.66 bits per heavy atom. The van der Waals surface area contributed by atoms with E-state index >= 15 is 0 Å². The molecule has 5 heteroatoms. The lowest BCUT2D eigenvalue weighted by molar-refractivity contribution is 0.211. The summed E-state index contributed by atoms with van der Waals surface area (Å²) in [5.74, 6) is 0.362. The average molecular weight is 387 g/mol. The highest BCUT2D eigenvalue weighted by atomic mass is 16.3. The molecule has 1 amide bonds. The van der Waals surface area contributed by atoms with Crippen molar-refractivity contribution in [1.29, 1.82) is 0 Å². The van der Waals surface area contributed by atoms with Crippen molar-refractivity contribution in [3.63, 3.8) is 0 Å². The minimum Gasteiger partial charge on any atom is -0.464 e. The quantitative estimate of drug-likeness (QED) is 0.550. The molecule has 2 aromatic heterocycles. The minimum atomic E-state index is -0.393. The molecule has 0 unspecified atom stereocenters. The largest absolute Gasteiger partial charge is 0.464 e. The number of para-hydroxylation sites is 2. The third-order valence-corrected chi connectivity index (χ3v) is 6.22. The van der Waals surface area contributed by atoms with E-state index in [0.717, 1.165) is 61.1 Å². The fourth-order valence-electron chi connectivity index (χ4n) is 4.68. The Kier molecular flexibility index (Phi) is 4.60. The van der Waals surface area contributed by atoms with Crippen LogP contribution in [0.25, 0.3) is 21.9 Å². The van der Waals surface area contributed by atoms with Crippen molar-refractivity contribution >= 4 is 27.9 Å². The second-order valence-electron chi connectivity index (χ2n) is 7.92. The topological polar surface area (TPSA) is 64.4 Å². The van der Waals surface area contributed by atoms with Crippen LogP contribution in [0.5, 0.6) is 0 Å². The van der Waals surface area contributed by atoms with Gasteiger partial charge in [0.05, 0.1) is 11.8 Å². The molecule has 0 atom stereocenters. The summed E-state index contributed by atoms with van der Waals surface area (Å²) >= 11 is 0. The van der Waals surface area contributed by atoms with Crippen LogP contribution in [0.4, 0.5) is 4.79 Å². The molecular formula is C24H25N3O2. The number of aromatic nitrogens is 1. The van der Waals surface area contributed by atoms with Crippen LogP contribution < -0.4 is 5.73 Å². The number of likely N-dealkylation sites (tertiary alicyclic amines) is 1. The summed E-state index contributed by atoms with van der Waals surface area (Å²) in [5, 5.41) is 2.30. The lowest BCUT2D eigenvalue weighted by atomic mass is 9.93. The minimum absolute atomic E-state index is 0.362. The third kappa shape index (κ3) is 3.32. The van der Waals surface area contributed by atoms with Crippen LogP contribution in [0.3, 0.4) is 0 Å². The predicted molar refractivity (Wildman–Crippen MR) is 115 cm³/mol. The van der Waals surface area contributed by atoms with E-state index in [1.807, 2.05) is 42.7 Å². The van der Waals surface area contributed by atoms with Gasteiger partial charge < -0.3 is 15.1 Å². The Morgan fingerprint density at radius 2 is 1.83 bits per heavy atom. The number of nitrogens with two attached hydrogens (primary N) is 1. The normalized spacial score (nSPS) is 16.0. The number of hydrogen-bond acceptors (Lipinski definition) is 3. The Morgan fingerprint density at radius 1 is 1.07 bits per heavy atom. The molecule has 1 fully saturated rings. The molecule has 5 rings (SSSR count). The van der Waals surface area contributed by atoms with Crippen LogP contribution >= 0.6 is 0 Å². The summed E-state index contributed by atoms with van der Waals surface area (Å²) in [7, 11) is 0. The van der Waals surface area contributed by atoms with E-state index in [2.05, 4.69) is 23.1 Å². The van der Waals surface area contributed by atoms with Crippen LogP contribution in [0.2, 0.25) is 0 Å². The van der Waals surface area contributed by atoms with Gasteiger partial charge in [0.15, 0.2) is 0 Å². The molecule has 2 aromatic carbocycles. The van der Waals surface area contributed by atoms with Gasteiger partial charge in [-0.25, -0.2) is 4.79 Å². The van der Waals surface area contributed by atoms with Crippen LogP contribution in [0.1, 0.15) is 30.0 Å². The summed E-state index contributed by atoms with van der Waals surface area (Å²) in [6.07, 6.45) is 4.96. The van der Waals surface area contributed by atoms with Gasteiger partial charge in [0.2, 0.25) is 0 Å². The second kappa shape index (κ2) is 7.41. The fourth-order valence-corrected chi connectivity index (χ4v) is 4.68. The first-order valence-electron chi connectivity index (χ1n) is 10.3. The zero-order valence-electron chi connectivity index (χ0n) is 16.4. The first kappa shape index (κ1) is 18.0. The maximum Gasteiger partial charge on any atom is 0.323 e. The first-order chi connectivity index (χ1) is 14.2. The number of carbonyl (C=O) groups is 1. The predicted octanol–water partition coefficient (Wildman–Crippen LogP) is 4.74. The number of piperidine rings is 1. The van der Waals surface area contributed by atoms with Crippen molar-refractivity contribution in [1.82, 2.24) is 9.47 Å². The molecule has 2 N–H and O–H groups in total. The number of benzene rings is 2. The van der Waals surface area contributed by atoms with E-state index in [4.69, 9.17) is 10.2 Å². The van der Waals surface area contributed by atoms with Gasteiger partial charge in [-0.15, -0.1) is 0 Å². The Bertz CT molecular complexity index is 1170. The molecule has 4 aromatic rings. The summed E-state index contributed by atoms with van der Waals surface area (Å²) in [6, 6.07) is 17.9. The Hall–Kier alpha value is -3.05. The number of furan rings is 1. The summed E-state index contributed by atoms with van der Waals surface area (Å²) in [5.41, 5.74) is 9.91.